The summed E-state index contributed by atoms with van der Waals surface area (Å²) < 4.78 is 5.52. The number of rotatable bonds is 7. The quantitative estimate of drug-likeness (QED) is 0.688. The van der Waals surface area contributed by atoms with E-state index in [0.717, 1.165) is 28.6 Å². The molecular formula is C21H22N2O3. The van der Waals surface area contributed by atoms with Gasteiger partial charge in [-0.2, -0.15) is 0 Å². The van der Waals surface area contributed by atoms with Gasteiger partial charge in [0, 0.05) is 17.6 Å². The molecule has 0 radical (unpaired) electrons. The Labute approximate surface area is 152 Å². The lowest BCUT2D eigenvalue weighted by atomic mass is 10.1. The number of aromatic amines is 1. The average Bonchev–Trinajstić information content (AvgIpc) is 2.64. The molecule has 0 spiro atoms. The predicted molar refractivity (Wildman–Crippen MR) is 103 cm³/mol. The molecule has 0 saturated heterocycles. The minimum absolute atomic E-state index is 0.0260. The number of H-pyrrole nitrogens is 1. The molecule has 0 aliphatic heterocycles. The minimum Gasteiger partial charge on any atom is -0.493 e. The molecular weight excluding hydrogens is 328 g/mol. The highest BCUT2D eigenvalue weighted by molar-refractivity contribution is 5.79. The highest BCUT2D eigenvalue weighted by Gasteiger charge is 2.04. The number of hydrogen-bond acceptors (Lipinski definition) is 3. The topological polar surface area (TPSA) is 71.2 Å². The van der Waals surface area contributed by atoms with E-state index >= 15 is 0 Å². The van der Waals surface area contributed by atoms with Gasteiger partial charge in [0.25, 0.3) is 5.56 Å². The fraction of sp³-hybridized carbons (Fsp3) is 0.238. The largest absolute Gasteiger partial charge is 0.493 e. The van der Waals surface area contributed by atoms with Crippen molar-refractivity contribution in [2.45, 2.75) is 19.8 Å². The van der Waals surface area contributed by atoms with Crippen LogP contribution < -0.4 is 15.6 Å². The molecule has 0 fully saturated rings. The minimum atomic E-state index is -0.0600. The van der Waals surface area contributed by atoms with Crippen LogP contribution in [0.15, 0.2) is 59.4 Å². The maximum absolute atomic E-state index is 11.9. The van der Waals surface area contributed by atoms with E-state index in [1.165, 1.54) is 0 Å². The van der Waals surface area contributed by atoms with Crippen LogP contribution in [-0.4, -0.2) is 24.0 Å². The Balaban J connectivity index is 1.45. The van der Waals surface area contributed by atoms with Gasteiger partial charge in [-0.05, 0) is 54.6 Å². The summed E-state index contributed by atoms with van der Waals surface area (Å²) in [5.74, 6) is 0.742. The molecule has 0 bridgehead atoms. The van der Waals surface area contributed by atoms with E-state index in [2.05, 4.69) is 10.3 Å². The summed E-state index contributed by atoms with van der Waals surface area (Å²) in [5.41, 5.74) is 2.58. The average molecular weight is 350 g/mol. The second kappa shape index (κ2) is 8.34. The number of nitrogens with one attached hydrogen (secondary N) is 2. The first kappa shape index (κ1) is 17.7. The van der Waals surface area contributed by atoms with E-state index in [9.17, 15) is 9.59 Å². The van der Waals surface area contributed by atoms with Crippen molar-refractivity contribution in [2.75, 3.05) is 13.2 Å². The molecule has 3 rings (SSSR count). The van der Waals surface area contributed by atoms with E-state index in [-0.39, 0.29) is 11.5 Å². The van der Waals surface area contributed by atoms with Crippen LogP contribution in [0, 0.1) is 6.92 Å². The maximum Gasteiger partial charge on any atom is 0.251 e. The Hall–Kier alpha value is -3.08. The zero-order chi connectivity index (χ0) is 18.4. The van der Waals surface area contributed by atoms with E-state index in [1.807, 2.05) is 54.6 Å². The van der Waals surface area contributed by atoms with Gasteiger partial charge in [-0.1, -0.05) is 24.3 Å². The fourth-order valence-electron chi connectivity index (χ4n) is 2.73. The van der Waals surface area contributed by atoms with Crippen molar-refractivity contribution in [3.63, 3.8) is 0 Å². The van der Waals surface area contributed by atoms with Gasteiger partial charge in [-0.15, -0.1) is 0 Å². The molecule has 26 heavy (non-hydrogen) atoms. The van der Waals surface area contributed by atoms with Gasteiger partial charge in [-0.3, -0.25) is 9.59 Å². The lowest BCUT2D eigenvalue weighted by Crippen LogP contribution is -2.27. The summed E-state index contributed by atoms with van der Waals surface area (Å²) in [6.07, 6.45) is 1.06. The number of carbonyl (C=O) groups excluding carboxylic acids is 1. The monoisotopic (exact) mass is 350 g/mol. The van der Waals surface area contributed by atoms with E-state index < -0.39 is 0 Å². The number of fused-ring (bicyclic) bond motifs is 1. The number of hydrogen-bond donors (Lipinski definition) is 2. The van der Waals surface area contributed by atoms with Gasteiger partial charge in [0.1, 0.15) is 5.75 Å². The summed E-state index contributed by atoms with van der Waals surface area (Å²) in [6, 6.07) is 17.3. The molecule has 2 aromatic carbocycles. The Morgan fingerprint density at radius 1 is 1.12 bits per heavy atom. The first-order valence-corrected chi connectivity index (χ1v) is 8.69. The number of pyridine rings is 1. The van der Waals surface area contributed by atoms with Crippen molar-refractivity contribution in [3.05, 3.63) is 76.1 Å². The predicted octanol–water partition coefficient (Wildman–Crippen LogP) is 2.96. The third kappa shape index (κ3) is 4.72. The van der Waals surface area contributed by atoms with E-state index in [0.29, 0.717) is 25.1 Å². The zero-order valence-corrected chi connectivity index (χ0v) is 14.7. The standard InChI is InChI=1S/C21H22N2O3/c1-15-13-17-14-16(7-8-19(17)23-21(15)25)9-11-22-20(24)10-12-26-18-5-3-2-4-6-18/h2-8,13-14H,9-12H2,1H3,(H,22,24)(H,23,25). The molecule has 1 heterocycles. The lowest BCUT2D eigenvalue weighted by Gasteiger charge is -2.08. The number of aryl methyl sites for hydroxylation is 1. The van der Waals surface area contributed by atoms with Crippen LogP contribution in [0.1, 0.15) is 17.5 Å². The summed E-state index contributed by atoms with van der Waals surface area (Å²) in [5, 5.41) is 3.91. The summed E-state index contributed by atoms with van der Waals surface area (Å²) >= 11 is 0. The smallest absolute Gasteiger partial charge is 0.251 e. The highest BCUT2D eigenvalue weighted by atomic mass is 16.5. The molecule has 1 aromatic heterocycles. The molecule has 3 aromatic rings. The second-order valence-electron chi connectivity index (χ2n) is 6.21. The molecule has 0 saturated carbocycles. The summed E-state index contributed by atoms with van der Waals surface area (Å²) in [7, 11) is 0. The van der Waals surface area contributed by atoms with E-state index in [4.69, 9.17) is 4.74 Å². The van der Waals surface area contributed by atoms with Crippen LogP contribution in [0.5, 0.6) is 5.75 Å². The zero-order valence-electron chi connectivity index (χ0n) is 14.7. The molecule has 0 aliphatic rings. The van der Waals surface area contributed by atoms with Gasteiger partial charge < -0.3 is 15.0 Å². The molecule has 0 atom stereocenters. The van der Waals surface area contributed by atoms with Crippen LogP contribution in [-0.2, 0) is 11.2 Å². The molecule has 2 N–H and O–H groups in total. The first-order valence-electron chi connectivity index (χ1n) is 8.69. The van der Waals surface area contributed by atoms with Crippen molar-refractivity contribution < 1.29 is 9.53 Å². The highest BCUT2D eigenvalue weighted by Crippen LogP contribution is 2.14. The van der Waals surface area contributed by atoms with Crippen LogP contribution in [0.4, 0.5) is 0 Å². The van der Waals surface area contributed by atoms with Gasteiger partial charge in [0.15, 0.2) is 0 Å². The number of aromatic nitrogens is 1. The van der Waals surface area contributed by atoms with Gasteiger partial charge in [-0.25, -0.2) is 0 Å². The molecule has 5 heteroatoms. The van der Waals surface area contributed by atoms with Crippen molar-refractivity contribution in [1.82, 2.24) is 10.3 Å². The summed E-state index contributed by atoms with van der Waals surface area (Å²) in [6.45, 7) is 2.72. The Morgan fingerprint density at radius 3 is 2.73 bits per heavy atom. The Morgan fingerprint density at radius 2 is 1.92 bits per heavy atom. The molecule has 1 amide bonds. The number of para-hydroxylation sites is 1. The third-order valence-corrected chi connectivity index (χ3v) is 4.17. The van der Waals surface area contributed by atoms with Crippen molar-refractivity contribution in [1.29, 1.82) is 0 Å². The molecule has 0 unspecified atom stereocenters. The third-order valence-electron chi connectivity index (χ3n) is 4.17. The van der Waals surface area contributed by atoms with Crippen molar-refractivity contribution >= 4 is 16.8 Å². The number of ether oxygens (including phenoxy) is 1. The molecule has 5 nitrogen and oxygen atoms in total. The second-order valence-corrected chi connectivity index (χ2v) is 6.21. The molecule has 134 valence electrons. The van der Waals surface area contributed by atoms with Gasteiger partial charge in [0.05, 0.1) is 13.0 Å². The number of carbonyl (C=O) groups is 1. The van der Waals surface area contributed by atoms with Crippen LogP contribution in [0.3, 0.4) is 0 Å². The maximum atomic E-state index is 11.9. The van der Waals surface area contributed by atoms with Crippen LogP contribution in [0.2, 0.25) is 0 Å². The SMILES string of the molecule is Cc1cc2cc(CCNC(=O)CCOc3ccccc3)ccc2[nH]c1=O. The van der Waals surface area contributed by atoms with Crippen LogP contribution in [0.25, 0.3) is 10.9 Å². The van der Waals surface area contributed by atoms with Gasteiger partial charge in [0.2, 0.25) is 5.91 Å². The van der Waals surface area contributed by atoms with Gasteiger partial charge >= 0.3 is 0 Å². The molecule has 0 aliphatic carbocycles. The first-order chi connectivity index (χ1) is 12.6. The van der Waals surface area contributed by atoms with E-state index in [1.54, 1.807) is 6.92 Å². The lowest BCUT2D eigenvalue weighted by molar-refractivity contribution is -0.121. The summed E-state index contributed by atoms with van der Waals surface area (Å²) in [4.78, 5) is 26.4. The number of benzene rings is 2. The van der Waals surface area contributed by atoms with Crippen molar-refractivity contribution in [3.8, 4) is 5.75 Å². The fourth-order valence-corrected chi connectivity index (χ4v) is 2.73. The van der Waals surface area contributed by atoms with Crippen LogP contribution >= 0.6 is 0 Å². The Bertz CT molecular complexity index is 948. The number of amides is 1. The Kier molecular flexibility index (Phi) is 5.69. The normalized spacial score (nSPS) is 10.7. The van der Waals surface area contributed by atoms with Crippen molar-refractivity contribution in [2.24, 2.45) is 0 Å².